The first-order valence-corrected chi connectivity index (χ1v) is 15.4. The molecule has 2 aliphatic heterocycles. The molecule has 0 aromatic heterocycles. The van der Waals surface area contributed by atoms with Gasteiger partial charge in [-0.15, -0.1) is 0 Å². The van der Waals surface area contributed by atoms with E-state index in [0.29, 0.717) is 22.4 Å². The molecule has 5 rings (SSSR count). The third kappa shape index (κ3) is 5.29. The van der Waals surface area contributed by atoms with Crippen LogP contribution in [0.5, 0.6) is 0 Å². The number of fused-ring (bicyclic) bond motifs is 1. The summed E-state index contributed by atoms with van der Waals surface area (Å²) >= 11 is 12.7. The van der Waals surface area contributed by atoms with Crippen molar-refractivity contribution in [1.29, 1.82) is 0 Å². The van der Waals surface area contributed by atoms with E-state index in [1.807, 2.05) is 60.7 Å². The van der Waals surface area contributed by atoms with Crippen molar-refractivity contribution in [3.63, 3.8) is 0 Å². The molecule has 2 heterocycles. The van der Waals surface area contributed by atoms with Crippen LogP contribution in [-0.4, -0.2) is 40.3 Å². The average molecular weight is 572 g/mol. The number of carbonyl (C=O) groups excluding carboxylic acids is 2. The van der Waals surface area contributed by atoms with Crippen LogP contribution >= 0.6 is 23.2 Å². The number of rotatable bonds is 8. The number of halogens is 2. The highest BCUT2D eigenvalue weighted by molar-refractivity contribution is 7.84. The molecule has 0 bridgehead atoms. The lowest BCUT2D eigenvalue weighted by atomic mass is 9.71. The van der Waals surface area contributed by atoms with Gasteiger partial charge in [-0.3, -0.25) is 24.0 Å². The summed E-state index contributed by atoms with van der Waals surface area (Å²) in [5.74, 6) is -0.491. The zero-order valence-corrected chi connectivity index (χ0v) is 23.7. The van der Waals surface area contributed by atoms with Crippen LogP contribution in [0, 0.1) is 11.3 Å². The Morgan fingerprint density at radius 2 is 1.84 bits per heavy atom. The van der Waals surface area contributed by atoms with Crippen molar-refractivity contribution >= 4 is 45.8 Å². The van der Waals surface area contributed by atoms with Gasteiger partial charge in [0.05, 0.1) is 32.2 Å². The topological polar surface area (TPSA) is 66.5 Å². The molecule has 0 spiro atoms. The molecule has 1 N–H and O–H groups in total. The highest BCUT2D eigenvalue weighted by Crippen LogP contribution is 2.44. The van der Waals surface area contributed by atoms with Crippen LogP contribution in [0.1, 0.15) is 55.2 Å². The van der Waals surface area contributed by atoms with Gasteiger partial charge in [0.1, 0.15) is 0 Å². The summed E-state index contributed by atoms with van der Waals surface area (Å²) in [4.78, 5) is 28.7. The van der Waals surface area contributed by atoms with Crippen molar-refractivity contribution < 1.29 is 13.8 Å². The normalized spacial score (nSPS) is 25.3. The molecule has 2 aromatic carbocycles. The van der Waals surface area contributed by atoms with Crippen molar-refractivity contribution in [1.82, 2.24) is 10.2 Å². The minimum Gasteiger partial charge on any atom is -0.296 e. The van der Waals surface area contributed by atoms with Gasteiger partial charge in [0.2, 0.25) is 11.8 Å². The second-order valence-corrected chi connectivity index (χ2v) is 12.6. The monoisotopic (exact) mass is 570 g/mol. The third-order valence-corrected chi connectivity index (χ3v) is 10.1. The predicted octanol–water partition coefficient (Wildman–Crippen LogP) is 6.21. The molecule has 4 atom stereocenters. The van der Waals surface area contributed by atoms with Crippen molar-refractivity contribution in [2.24, 2.45) is 11.3 Å². The molecule has 200 valence electrons. The van der Waals surface area contributed by atoms with Gasteiger partial charge in [0.15, 0.2) is 0 Å². The summed E-state index contributed by atoms with van der Waals surface area (Å²) < 4.78 is 12.3. The van der Waals surface area contributed by atoms with Gasteiger partial charge in [-0.25, -0.2) is 0 Å². The number of nitrogens with zero attached hydrogens (tertiary/aromatic N) is 1. The zero-order chi connectivity index (χ0) is 26.9. The third-order valence-electron chi connectivity index (χ3n) is 8.34. The number of piperidine rings is 1. The van der Waals surface area contributed by atoms with E-state index in [9.17, 15) is 13.8 Å². The van der Waals surface area contributed by atoms with E-state index in [1.54, 1.807) is 6.26 Å². The first-order valence-electron chi connectivity index (χ1n) is 13.1. The van der Waals surface area contributed by atoms with Crippen LogP contribution in [0.3, 0.4) is 0 Å². The van der Waals surface area contributed by atoms with Gasteiger partial charge in [0, 0.05) is 17.2 Å². The van der Waals surface area contributed by atoms with Gasteiger partial charge >= 0.3 is 0 Å². The fourth-order valence-corrected chi connectivity index (χ4v) is 7.49. The fraction of sp³-hybridized carbons (Fsp3) is 0.400. The van der Waals surface area contributed by atoms with Crippen molar-refractivity contribution in [2.45, 2.75) is 49.0 Å². The van der Waals surface area contributed by atoms with Crippen LogP contribution in [0.25, 0.3) is 0 Å². The molecule has 2 aromatic rings. The Balaban J connectivity index is 1.33. The van der Waals surface area contributed by atoms with Gasteiger partial charge < -0.3 is 0 Å². The van der Waals surface area contributed by atoms with E-state index in [4.69, 9.17) is 23.2 Å². The van der Waals surface area contributed by atoms with Crippen LogP contribution in [0.2, 0.25) is 10.0 Å². The number of amides is 2. The molecular weight excluding hydrogens is 539 g/mol. The zero-order valence-electron chi connectivity index (χ0n) is 21.4. The van der Waals surface area contributed by atoms with Crippen molar-refractivity contribution in [3.05, 3.63) is 87.9 Å². The van der Waals surface area contributed by atoms with Crippen LogP contribution in [0.4, 0.5) is 0 Å². The summed E-state index contributed by atoms with van der Waals surface area (Å²) in [5, 5.41) is 3.59. The summed E-state index contributed by atoms with van der Waals surface area (Å²) in [7, 11) is -1.02. The second-order valence-electron chi connectivity index (χ2n) is 10.5. The number of imide groups is 1. The smallest absolute Gasteiger partial charge is 0.237 e. The number of likely N-dealkylation sites (tertiary alicyclic amines) is 1. The minimum atomic E-state index is -1.02. The molecule has 2 amide bonds. The molecule has 5 nitrogen and oxygen atoms in total. The quantitative estimate of drug-likeness (QED) is 0.383. The highest BCUT2D eigenvalue weighted by Gasteiger charge is 2.52. The lowest BCUT2D eigenvalue weighted by molar-refractivity contribution is -0.127. The van der Waals surface area contributed by atoms with E-state index >= 15 is 0 Å². The standard InChI is InChI=1S/C30H32Cl2N2O3S/c1-38(37)27-10-3-2-7-22(27)20-13-17-34(18-14-20)26(21-11-12-24(31)25(32)19-21)9-6-16-30-15-5-4-8-23(30)28(35)33-29(30)36/h2-5,7-8,10-12,15,19-20,23,26H,6,9,13-14,16-18H2,1H3,(H,33,35,36)/t23?,26-,30?,38-/m0/s1. The number of benzene rings is 2. The molecule has 0 radical (unpaired) electrons. The number of hydrogen-bond donors (Lipinski definition) is 1. The van der Waals surface area contributed by atoms with Gasteiger partial charge in [0.25, 0.3) is 0 Å². The van der Waals surface area contributed by atoms with E-state index < -0.39 is 22.1 Å². The predicted molar refractivity (Wildman–Crippen MR) is 153 cm³/mol. The van der Waals surface area contributed by atoms with Crippen molar-refractivity contribution in [3.8, 4) is 0 Å². The molecule has 8 heteroatoms. The summed E-state index contributed by atoms with van der Waals surface area (Å²) in [6.07, 6.45) is 13.3. The van der Waals surface area contributed by atoms with E-state index in [-0.39, 0.29) is 17.9 Å². The maximum atomic E-state index is 12.8. The molecule has 2 fully saturated rings. The maximum Gasteiger partial charge on any atom is 0.237 e. The second kappa shape index (κ2) is 11.5. The van der Waals surface area contributed by atoms with Gasteiger partial charge in [-0.1, -0.05) is 78.2 Å². The van der Waals surface area contributed by atoms with E-state index in [1.165, 1.54) is 5.56 Å². The lowest BCUT2D eigenvalue weighted by Crippen LogP contribution is -2.37. The Morgan fingerprint density at radius 1 is 1.08 bits per heavy atom. The van der Waals surface area contributed by atoms with E-state index in [0.717, 1.165) is 49.2 Å². The highest BCUT2D eigenvalue weighted by atomic mass is 35.5. The number of allylic oxidation sites excluding steroid dienone is 2. The largest absolute Gasteiger partial charge is 0.296 e. The first-order chi connectivity index (χ1) is 18.3. The molecule has 3 aliphatic rings. The molecule has 0 saturated carbocycles. The summed E-state index contributed by atoms with van der Waals surface area (Å²) in [5.41, 5.74) is 1.49. The maximum absolute atomic E-state index is 12.8. The van der Waals surface area contributed by atoms with Gasteiger partial charge in [-0.05, 0) is 74.0 Å². The fourth-order valence-electron chi connectivity index (χ4n) is 6.34. The Morgan fingerprint density at radius 3 is 2.58 bits per heavy atom. The SMILES string of the molecule is C[S@](=O)c1ccccc1C1CCN([C@@H](CCCC23C=CC=CC2C(=O)NC3=O)c2ccc(Cl)c(Cl)c2)CC1. The summed E-state index contributed by atoms with van der Waals surface area (Å²) in [6, 6.07) is 14.0. The Kier molecular flexibility index (Phi) is 8.25. The Bertz CT molecular complexity index is 1320. The first kappa shape index (κ1) is 27.3. The molecule has 1 aliphatic carbocycles. The van der Waals surface area contributed by atoms with Crippen LogP contribution in [0.15, 0.2) is 71.7 Å². The van der Waals surface area contributed by atoms with Crippen LogP contribution in [-0.2, 0) is 20.4 Å². The van der Waals surface area contributed by atoms with Crippen molar-refractivity contribution in [2.75, 3.05) is 19.3 Å². The Hall–Kier alpha value is -2.25. The number of nitrogens with one attached hydrogen (secondary N) is 1. The summed E-state index contributed by atoms with van der Waals surface area (Å²) in [6.45, 7) is 1.80. The van der Waals surface area contributed by atoms with Gasteiger partial charge in [-0.2, -0.15) is 0 Å². The molecule has 38 heavy (non-hydrogen) atoms. The van der Waals surface area contributed by atoms with E-state index in [2.05, 4.69) is 16.3 Å². The minimum absolute atomic E-state index is 0.111. The lowest BCUT2D eigenvalue weighted by Gasteiger charge is -2.39. The molecular formula is C30H32Cl2N2O3S. The average Bonchev–Trinajstić information content (AvgIpc) is 3.18. The Labute approximate surface area is 236 Å². The number of hydrogen-bond acceptors (Lipinski definition) is 4. The molecule has 2 unspecified atom stereocenters. The molecule has 2 saturated heterocycles. The van der Waals surface area contributed by atoms with Crippen LogP contribution < -0.4 is 5.32 Å². The number of carbonyl (C=O) groups is 2.